The number of urea groups is 1. The number of nitrogens with one attached hydrogen (secondary N) is 1. The van der Waals surface area contributed by atoms with Crippen molar-refractivity contribution in [3.63, 3.8) is 0 Å². The number of halogens is 2. The molecule has 1 aromatic heterocycles. The van der Waals surface area contributed by atoms with Crippen molar-refractivity contribution in [3.8, 4) is 0 Å². The van der Waals surface area contributed by atoms with Crippen LogP contribution >= 0.6 is 23.2 Å². The van der Waals surface area contributed by atoms with Crippen LogP contribution in [0.1, 0.15) is 18.1 Å². The summed E-state index contributed by atoms with van der Waals surface area (Å²) in [5, 5.41) is 1.00. The molecule has 3 aromatic rings. The smallest absolute Gasteiger partial charge is 0.330 e. The molecule has 1 unspecified atom stereocenters. The molecule has 10 heteroatoms. The molecule has 4 rings (SSSR count). The Morgan fingerprint density at radius 1 is 1.18 bits per heavy atom. The molecule has 0 fully saturated rings. The first-order chi connectivity index (χ1) is 15.7. The molecule has 7 nitrogen and oxygen atoms in total. The van der Waals surface area contributed by atoms with E-state index in [2.05, 4.69) is 16.3 Å². The van der Waals surface area contributed by atoms with Gasteiger partial charge < -0.3 is 4.90 Å². The average molecular weight is 503 g/mol. The molecule has 0 aliphatic carbocycles. The standard InChI is InChI=1S/C23H20Cl2N4O3S/c1-3-16-6-10-19(11-7-16)33(31,32)27-23(30)29-15(2)28(22-21(29)5-4-12-26-22)14-17-8-9-18(24)13-20(17)25/h3-13,15H,1,14H2,2H3,(H,27,30). The van der Waals surface area contributed by atoms with Crippen molar-refractivity contribution in [1.29, 1.82) is 0 Å². The molecule has 0 saturated heterocycles. The number of hydrogen-bond acceptors (Lipinski definition) is 5. The first-order valence-electron chi connectivity index (χ1n) is 9.95. The van der Waals surface area contributed by atoms with Crippen LogP contribution in [0.4, 0.5) is 16.3 Å². The second kappa shape index (κ2) is 9.05. The molecule has 170 valence electrons. The number of hydrogen-bond donors (Lipinski definition) is 1. The van der Waals surface area contributed by atoms with Gasteiger partial charge in [0.1, 0.15) is 6.17 Å². The van der Waals surface area contributed by atoms with Crippen molar-refractivity contribution < 1.29 is 13.2 Å². The van der Waals surface area contributed by atoms with E-state index < -0.39 is 22.2 Å². The van der Waals surface area contributed by atoms with Gasteiger partial charge in [0.2, 0.25) is 0 Å². The number of carbonyl (C=O) groups excluding carboxylic acids is 1. The fourth-order valence-electron chi connectivity index (χ4n) is 3.64. The SMILES string of the molecule is C=Cc1ccc(S(=O)(=O)NC(=O)N2c3cccnc3N(Cc3ccc(Cl)cc3Cl)C2C)cc1. The van der Waals surface area contributed by atoms with Gasteiger partial charge in [-0.15, -0.1) is 0 Å². The van der Waals surface area contributed by atoms with Gasteiger partial charge in [0, 0.05) is 22.8 Å². The van der Waals surface area contributed by atoms with Crippen LogP contribution in [0.3, 0.4) is 0 Å². The molecular formula is C23H20Cl2N4O3S. The average Bonchev–Trinajstić information content (AvgIpc) is 3.06. The predicted molar refractivity (Wildman–Crippen MR) is 131 cm³/mol. The van der Waals surface area contributed by atoms with Gasteiger partial charge in [-0.25, -0.2) is 22.9 Å². The number of pyridine rings is 1. The van der Waals surface area contributed by atoms with E-state index in [1.54, 1.807) is 61.7 Å². The van der Waals surface area contributed by atoms with E-state index in [1.807, 2.05) is 4.90 Å². The van der Waals surface area contributed by atoms with Crippen molar-refractivity contribution >= 4 is 56.8 Å². The van der Waals surface area contributed by atoms with Gasteiger partial charge in [0.25, 0.3) is 10.0 Å². The molecular weight excluding hydrogens is 483 g/mol. The highest BCUT2D eigenvalue weighted by Gasteiger charge is 2.39. The first-order valence-corrected chi connectivity index (χ1v) is 12.2. The highest BCUT2D eigenvalue weighted by Crippen LogP contribution is 2.39. The third kappa shape index (κ3) is 4.55. The van der Waals surface area contributed by atoms with Gasteiger partial charge in [0.05, 0.1) is 10.6 Å². The van der Waals surface area contributed by atoms with Crippen LogP contribution in [0, 0.1) is 0 Å². The largest absolute Gasteiger partial charge is 0.337 e. The second-order valence-electron chi connectivity index (χ2n) is 7.40. The Kier molecular flexibility index (Phi) is 6.34. The number of anilines is 2. The fraction of sp³-hybridized carbons (Fsp3) is 0.130. The number of amides is 2. The van der Waals surface area contributed by atoms with Gasteiger partial charge in [-0.2, -0.15) is 0 Å². The lowest BCUT2D eigenvalue weighted by atomic mass is 10.2. The van der Waals surface area contributed by atoms with E-state index in [4.69, 9.17) is 23.2 Å². The lowest BCUT2D eigenvalue weighted by Crippen LogP contribution is -2.49. The molecule has 0 bridgehead atoms. The third-order valence-electron chi connectivity index (χ3n) is 5.34. The Morgan fingerprint density at radius 2 is 1.91 bits per heavy atom. The van der Waals surface area contributed by atoms with Crippen molar-refractivity contribution in [1.82, 2.24) is 9.71 Å². The zero-order valence-electron chi connectivity index (χ0n) is 17.6. The number of fused-ring (bicyclic) bond motifs is 1. The molecule has 1 aliphatic heterocycles. The maximum Gasteiger partial charge on any atom is 0.337 e. The van der Waals surface area contributed by atoms with Gasteiger partial charge >= 0.3 is 6.03 Å². The summed E-state index contributed by atoms with van der Waals surface area (Å²) >= 11 is 12.4. The number of nitrogens with zero attached hydrogens (tertiary/aromatic N) is 3. The summed E-state index contributed by atoms with van der Waals surface area (Å²) in [6.07, 6.45) is 2.69. The Labute approximate surface area is 202 Å². The zero-order chi connectivity index (χ0) is 23.8. The lowest BCUT2D eigenvalue weighted by molar-refractivity contribution is 0.249. The van der Waals surface area contributed by atoms with Crippen LogP contribution in [0.2, 0.25) is 10.0 Å². The number of carbonyl (C=O) groups is 1. The van der Waals surface area contributed by atoms with Crippen LogP contribution in [-0.4, -0.2) is 25.6 Å². The maximum atomic E-state index is 13.2. The summed E-state index contributed by atoms with van der Waals surface area (Å²) in [4.78, 5) is 20.8. The highest BCUT2D eigenvalue weighted by atomic mass is 35.5. The molecule has 1 N–H and O–H groups in total. The number of sulfonamides is 1. The Hall–Kier alpha value is -3.07. The van der Waals surface area contributed by atoms with Crippen molar-refractivity contribution in [2.75, 3.05) is 9.80 Å². The molecule has 0 spiro atoms. The monoisotopic (exact) mass is 502 g/mol. The molecule has 0 radical (unpaired) electrons. The fourth-order valence-corrected chi connectivity index (χ4v) is 5.05. The highest BCUT2D eigenvalue weighted by molar-refractivity contribution is 7.90. The van der Waals surface area contributed by atoms with E-state index in [-0.39, 0.29) is 4.90 Å². The van der Waals surface area contributed by atoms with Crippen molar-refractivity contribution in [3.05, 3.63) is 88.5 Å². The molecule has 2 aromatic carbocycles. The van der Waals surface area contributed by atoms with Gasteiger partial charge in [-0.05, 0) is 54.4 Å². The third-order valence-corrected chi connectivity index (χ3v) is 7.27. The summed E-state index contributed by atoms with van der Waals surface area (Å²) in [5.41, 5.74) is 2.05. The van der Waals surface area contributed by atoms with Crippen LogP contribution in [0.25, 0.3) is 6.08 Å². The normalized spacial score (nSPS) is 15.3. The number of benzene rings is 2. The number of rotatable bonds is 5. The van der Waals surface area contributed by atoms with Crippen LogP contribution in [-0.2, 0) is 16.6 Å². The van der Waals surface area contributed by atoms with E-state index in [1.165, 1.54) is 17.0 Å². The van der Waals surface area contributed by atoms with Gasteiger partial charge in [0.15, 0.2) is 5.82 Å². The molecule has 2 amide bonds. The van der Waals surface area contributed by atoms with Crippen molar-refractivity contribution in [2.45, 2.75) is 24.5 Å². The summed E-state index contributed by atoms with van der Waals surface area (Å²) in [6.45, 7) is 5.78. The quantitative estimate of drug-likeness (QED) is 0.511. The van der Waals surface area contributed by atoms with E-state index in [0.717, 1.165) is 11.1 Å². The number of aromatic nitrogens is 1. The summed E-state index contributed by atoms with van der Waals surface area (Å²) in [7, 11) is -4.09. The van der Waals surface area contributed by atoms with Crippen LogP contribution < -0.4 is 14.5 Å². The Morgan fingerprint density at radius 3 is 2.58 bits per heavy atom. The van der Waals surface area contributed by atoms with E-state index in [0.29, 0.717) is 28.1 Å². The van der Waals surface area contributed by atoms with Crippen molar-refractivity contribution in [2.24, 2.45) is 0 Å². The van der Waals surface area contributed by atoms with E-state index in [9.17, 15) is 13.2 Å². The minimum Gasteiger partial charge on any atom is -0.330 e. The summed E-state index contributed by atoms with van der Waals surface area (Å²) in [5.74, 6) is 0.541. The molecule has 0 saturated carbocycles. The molecule has 1 aliphatic rings. The first kappa shape index (κ1) is 23.1. The lowest BCUT2D eigenvalue weighted by Gasteiger charge is -2.28. The topological polar surface area (TPSA) is 82.6 Å². The second-order valence-corrected chi connectivity index (χ2v) is 9.92. The molecule has 33 heavy (non-hydrogen) atoms. The summed E-state index contributed by atoms with van der Waals surface area (Å²) < 4.78 is 27.8. The minimum absolute atomic E-state index is 0.0236. The maximum absolute atomic E-state index is 13.2. The van der Waals surface area contributed by atoms with Crippen LogP contribution in [0.5, 0.6) is 0 Å². The minimum atomic E-state index is -4.09. The Bertz CT molecular complexity index is 1330. The predicted octanol–water partition coefficient (Wildman–Crippen LogP) is 5.30. The van der Waals surface area contributed by atoms with Gasteiger partial charge in [-0.1, -0.05) is 54.1 Å². The zero-order valence-corrected chi connectivity index (χ0v) is 19.9. The molecule has 2 heterocycles. The molecule has 1 atom stereocenters. The van der Waals surface area contributed by atoms with Crippen LogP contribution in [0.15, 0.2) is 72.3 Å². The van der Waals surface area contributed by atoms with Gasteiger partial charge in [-0.3, -0.25) is 4.90 Å². The Balaban J connectivity index is 1.62. The van der Waals surface area contributed by atoms with E-state index >= 15 is 0 Å². The summed E-state index contributed by atoms with van der Waals surface area (Å²) in [6, 6.07) is 13.9.